The first-order chi connectivity index (χ1) is 23.5. The molecule has 2 aromatic heterocycles. The lowest BCUT2D eigenvalue weighted by molar-refractivity contribution is 0.0138. The number of carbonyl (C=O) groups excluding carboxylic acids is 1. The Balaban J connectivity index is 0.000000199. The van der Waals surface area contributed by atoms with E-state index in [1.54, 1.807) is 4.90 Å². The second kappa shape index (κ2) is 16.5. The zero-order valence-corrected chi connectivity index (χ0v) is 30.6. The van der Waals surface area contributed by atoms with Crippen LogP contribution < -0.4 is 5.32 Å². The number of pyridine rings is 2. The molecule has 8 heteroatoms. The molecule has 0 spiro atoms. The molecular weight excluding hydrogens is 608 g/mol. The number of rotatable bonds is 6. The van der Waals surface area contributed by atoms with E-state index >= 15 is 0 Å². The average Bonchev–Trinajstić information content (AvgIpc) is 3.06. The number of benzene rings is 2. The summed E-state index contributed by atoms with van der Waals surface area (Å²) in [7, 11) is 0. The van der Waals surface area contributed by atoms with Gasteiger partial charge in [0.25, 0.3) is 0 Å². The molecule has 4 aromatic rings. The van der Waals surface area contributed by atoms with E-state index in [1.807, 2.05) is 20.8 Å². The zero-order valence-electron chi connectivity index (χ0n) is 30.6. The van der Waals surface area contributed by atoms with Gasteiger partial charge in [0.15, 0.2) is 0 Å². The number of carbonyl (C=O) groups is 1. The molecule has 2 saturated heterocycles. The third-order valence-electron chi connectivity index (χ3n) is 9.16. The molecule has 2 aliphatic rings. The lowest BCUT2D eigenvalue weighted by atomic mass is 9.99. The number of aryl methyl sites for hydroxylation is 4. The SMILES string of the molecule is Cc1ccccc1-c1ccc(CN2CCN(C(=O)OC(C)(C)C)CC2)nc1C.Cc1ccccc1-c1ccc(CN2CCNCC2)nc1C. The molecule has 0 saturated carbocycles. The smallest absolute Gasteiger partial charge is 0.410 e. The van der Waals surface area contributed by atoms with Crippen LogP contribution in [0.5, 0.6) is 0 Å². The summed E-state index contributed by atoms with van der Waals surface area (Å²) in [5.74, 6) is 0. The molecule has 1 N–H and O–H groups in total. The van der Waals surface area contributed by atoms with Crippen LogP contribution in [-0.2, 0) is 17.8 Å². The normalized spacial score (nSPS) is 15.8. The van der Waals surface area contributed by atoms with E-state index in [0.29, 0.717) is 13.1 Å². The van der Waals surface area contributed by atoms with E-state index in [2.05, 4.69) is 116 Å². The summed E-state index contributed by atoms with van der Waals surface area (Å²) < 4.78 is 5.47. The topological polar surface area (TPSA) is 73.8 Å². The Bertz CT molecular complexity index is 1700. The molecule has 2 aromatic carbocycles. The highest BCUT2D eigenvalue weighted by molar-refractivity contribution is 5.70. The van der Waals surface area contributed by atoms with Gasteiger partial charge < -0.3 is 15.0 Å². The van der Waals surface area contributed by atoms with Crippen LogP contribution in [0.1, 0.15) is 54.7 Å². The van der Waals surface area contributed by atoms with E-state index in [1.165, 1.54) is 39.1 Å². The number of aromatic nitrogens is 2. The molecule has 2 aliphatic heterocycles. The van der Waals surface area contributed by atoms with Crippen LogP contribution in [0.2, 0.25) is 0 Å². The van der Waals surface area contributed by atoms with Gasteiger partial charge in [0.1, 0.15) is 5.60 Å². The van der Waals surface area contributed by atoms with Gasteiger partial charge in [-0.15, -0.1) is 0 Å². The molecule has 0 radical (unpaired) electrons. The van der Waals surface area contributed by atoms with Crippen molar-refractivity contribution in [3.05, 3.63) is 107 Å². The van der Waals surface area contributed by atoms with E-state index in [0.717, 1.165) is 69.4 Å². The second-order valence-electron chi connectivity index (χ2n) is 14.3. The van der Waals surface area contributed by atoms with Crippen molar-refractivity contribution < 1.29 is 9.53 Å². The van der Waals surface area contributed by atoms with Crippen molar-refractivity contribution in [3.63, 3.8) is 0 Å². The van der Waals surface area contributed by atoms with Crippen LogP contribution in [0.25, 0.3) is 22.3 Å². The van der Waals surface area contributed by atoms with Gasteiger partial charge in [-0.25, -0.2) is 4.79 Å². The molecule has 4 heterocycles. The molecule has 0 aliphatic carbocycles. The molecule has 1 amide bonds. The molecule has 6 rings (SSSR count). The van der Waals surface area contributed by atoms with Gasteiger partial charge in [0.05, 0.1) is 11.4 Å². The highest BCUT2D eigenvalue weighted by Crippen LogP contribution is 2.27. The Hall–Kier alpha value is -4.11. The molecule has 260 valence electrons. The number of amides is 1. The van der Waals surface area contributed by atoms with Gasteiger partial charge in [0.2, 0.25) is 0 Å². The minimum Gasteiger partial charge on any atom is -0.444 e. The average molecular weight is 663 g/mol. The monoisotopic (exact) mass is 662 g/mol. The highest BCUT2D eigenvalue weighted by Gasteiger charge is 2.26. The zero-order chi connectivity index (χ0) is 35.0. The van der Waals surface area contributed by atoms with Crippen LogP contribution >= 0.6 is 0 Å². The van der Waals surface area contributed by atoms with Crippen molar-refractivity contribution >= 4 is 6.09 Å². The number of hydrogen-bond acceptors (Lipinski definition) is 7. The van der Waals surface area contributed by atoms with Crippen LogP contribution in [0.15, 0.2) is 72.8 Å². The maximum absolute atomic E-state index is 12.2. The Labute approximate surface area is 293 Å². The number of nitrogens with one attached hydrogen (secondary N) is 1. The summed E-state index contributed by atoms with van der Waals surface area (Å²) in [6.07, 6.45) is -0.219. The van der Waals surface area contributed by atoms with Crippen molar-refractivity contribution in [1.29, 1.82) is 0 Å². The van der Waals surface area contributed by atoms with E-state index < -0.39 is 5.60 Å². The van der Waals surface area contributed by atoms with Crippen LogP contribution in [0, 0.1) is 27.7 Å². The Kier molecular flexibility index (Phi) is 12.2. The van der Waals surface area contributed by atoms with Crippen molar-refractivity contribution in [3.8, 4) is 22.3 Å². The van der Waals surface area contributed by atoms with E-state index in [4.69, 9.17) is 14.7 Å². The Morgan fingerprint density at radius 1 is 0.633 bits per heavy atom. The Morgan fingerprint density at radius 2 is 1.08 bits per heavy atom. The molecular formula is C41H54N6O2. The van der Waals surface area contributed by atoms with Crippen molar-refractivity contribution in [2.75, 3.05) is 52.4 Å². The van der Waals surface area contributed by atoms with Gasteiger partial charge in [-0.1, -0.05) is 60.7 Å². The summed E-state index contributed by atoms with van der Waals surface area (Å²) >= 11 is 0. The summed E-state index contributed by atoms with van der Waals surface area (Å²) in [6, 6.07) is 25.6. The maximum Gasteiger partial charge on any atom is 0.410 e. The van der Waals surface area contributed by atoms with Crippen molar-refractivity contribution in [1.82, 2.24) is 30.0 Å². The van der Waals surface area contributed by atoms with Crippen LogP contribution in [0.4, 0.5) is 4.79 Å². The van der Waals surface area contributed by atoms with E-state index in [-0.39, 0.29) is 6.09 Å². The second-order valence-corrected chi connectivity index (χ2v) is 14.3. The van der Waals surface area contributed by atoms with Gasteiger partial charge in [0, 0.05) is 88.0 Å². The number of piperazine rings is 2. The van der Waals surface area contributed by atoms with Crippen molar-refractivity contribution in [2.24, 2.45) is 0 Å². The highest BCUT2D eigenvalue weighted by atomic mass is 16.6. The summed E-state index contributed by atoms with van der Waals surface area (Å²) in [5, 5.41) is 3.39. The molecule has 2 fully saturated rings. The van der Waals surface area contributed by atoms with Crippen LogP contribution in [0.3, 0.4) is 0 Å². The third-order valence-corrected chi connectivity index (χ3v) is 9.16. The fourth-order valence-corrected chi connectivity index (χ4v) is 6.46. The largest absolute Gasteiger partial charge is 0.444 e. The lowest BCUT2D eigenvalue weighted by Gasteiger charge is -2.35. The number of hydrogen-bond donors (Lipinski definition) is 1. The number of ether oxygens (including phenoxy) is 1. The summed E-state index contributed by atoms with van der Waals surface area (Å²) in [4.78, 5) is 28.5. The summed E-state index contributed by atoms with van der Waals surface area (Å²) in [5.41, 5.74) is 11.5. The minimum absolute atomic E-state index is 0.219. The Morgan fingerprint density at radius 3 is 1.51 bits per heavy atom. The standard InChI is InChI=1S/C23H31N3O2.C18H23N3/c1-17-8-6-7-9-20(17)21-11-10-19(24-18(21)2)16-25-12-14-26(15-13-25)22(27)28-23(3,4)5;1-14-5-3-4-6-17(14)18-8-7-16(20-15(18)2)13-21-11-9-19-10-12-21/h6-11H,12-16H2,1-5H3;3-8,19H,9-13H2,1-2H3. The first-order valence-corrected chi connectivity index (χ1v) is 17.7. The van der Waals surface area contributed by atoms with Crippen LogP contribution in [-0.4, -0.2) is 88.7 Å². The first-order valence-electron chi connectivity index (χ1n) is 17.7. The quantitative estimate of drug-likeness (QED) is 0.234. The van der Waals surface area contributed by atoms with Gasteiger partial charge in [-0.3, -0.25) is 19.8 Å². The molecule has 0 unspecified atom stereocenters. The molecule has 8 nitrogen and oxygen atoms in total. The predicted octanol–water partition coefficient (Wildman–Crippen LogP) is 7.19. The van der Waals surface area contributed by atoms with Crippen molar-refractivity contribution in [2.45, 2.75) is 67.2 Å². The molecule has 0 atom stereocenters. The lowest BCUT2D eigenvalue weighted by Crippen LogP contribution is -2.49. The minimum atomic E-state index is -0.450. The summed E-state index contributed by atoms with van der Waals surface area (Å²) in [6.45, 7) is 23.4. The fraction of sp³-hybridized carbons (Fsp3) is 0.439. The van der Waals surface area contributed by atoms with Gasteiger partial charge >= 0.3 is 6.09 Å². The fourth-order valence-electron chi connectivity index (χ4n) is 6.46. The third kappa shape index (κ3) is 10.2. The molecule has 49 heavy (non-hydrogen) atoms. The maximum atomic E-state index is 12.2. The number of nitrogens with zero attached hydrogens (tertiary/aromatic N) is 5. The molecule has 0 bridgehead atoms. The first kappa shape index (κ1) is 36.2. The van der Waals surface area contributed by atoms with Gasteiger partial charge in [-0.05, 0) is 82.9 Å². The van der Waals surface area contributed by atoms with Gasteiger partial charge in [-0.2, -0.15) is 0 Å². The van der Waals surface area contributed by atoms with E-state index in [9.17, 15) is 4.79 Å². The predicted molar refractivity (Wildman–Crippen MR) is 200 cm³/mol.